The fourth-order valence-electron chi connectivity index (χ4n) is 3.45. The molecule has 5 heteroatoms. The molecule has 0 bridgehead atoms. The van der Waals surface area contributed by atoms with E-state index >= 15 is 0 Å². The molecule has 132 valence electrons. The zero-order chi connectivity index (χ0) is 18.0. The Hall–Kier alpha value is -2.04. The highest BCUT2D eigenvalue weighted by atomic mass is 16.6. The number of ether oxygens (including phenoxy) is 2. The molecular weight excluding hydrogens is 306 g/mol. The van der Waals surface area contributed by atoms with E-state index in [1.807, 2.05) is 45.0 Å². The second-order valence-electron chi connectivity index (χ2n) is 7.75. The summed E-state index contributed by atoms with van der Waals surface area (Å²) in [6, 6.07) is 7.65. The Morgan fingerprint density at radius 2 is 1.96 bits per heavy atom. The minimum absolute atomic E-state index is 0.196. The van der Waals surface area contributed by atoms with Crippen LogP contribution >= 0.6 is 0 Å². The minimum atomic E-state index is -0.544. The Kier molecular flexibility index (Phi) is 5.21. The summed E-state index contributed by atoms with van der Waals surface area (Å²) in [6.45, 7) is 7.65. The van der Waals surface area contributed by atoms with Crippen LogP contribution in [0.15, 0.2) is 24.3 Å². The van der Waals surface area contributed by atoms with Crippen molar-refractivity contribution in [2.45, 2.75) is 58.0 Å². The third-order valence-corrected chi connectivity index (χ3v) is 4.31. The van der Waals surface area contributed by atoms with Gasteiger partial charge in [-0.1, -0.05) is 19.1 Å². The van der Waals surface area contributed by atoms with Crippen molar-refractivity contribution in [1.82, 2.24) is 0 Å². The first-order valence-corrected chi connectivity index (χ1v) is 8.31. The Bertz CT molecular complexity index is 612. The Morgan fingerprint density at radius 1 is 1.29 bits per heavy atom. The number of hydrogen-bond donors (Lipinski definition) is 1. The molecule has 1 saturated carbocycles. The number of nitrogens with one attached hydrogen (secondary N) is 1. The summed E-state index contributed by atoms with van der Waals surface area (Å²) >= 11 is 0. The van der Waals surface area contributed by atoms with Gasteiger partial charge in [-0.05, 0) is 57.2 Å². The van der Waals surface area contributed by atoms with Crippen molar-refractivity contribution in [2.75, 3.05) is 12.4 Å². The van der Waals surface area contributed by atoms with Crippen molar-refractivity contribution in [3.8, 4) is 0 Å². The highest BCUT2D eigenvalue weighted by Gasteiger charge is 2.45. The first-order chi connectivity index (χ1) is 11.1. The topological polar surface area (TPSA) is 64.6 Å². The standard InChI is InChI=1S/C19H27NO4/c1-13-10-19(11-13,12-16(21)23-5)14-7-6-8-15(9-14)20-17(22)24-18(2,3)4/h6-9,13H,10-12H2,1-5H3,(H,20,22). The van der Waals surface area contributed by atoms with Crippen LogP contribution in [0, 0.1) is 5.92 Å². The van der Waals surface area contributed by atoms with Crippen LogP contribution in [0.5, 0.6) is 0 Å². The summed E-state index contributed by atoms with van der Waals surface area (Å²) in [6.07, 6.45) is 1.77. The lowest BCUT2D eigenvalue weighted by Gasteiger charge is -2.46. The summed E-state index contributed by atoms with van der Waals surface area (Å²) < 4.78 is 10.1. The summed E-state index contributed by atoms with van der Waals surface area (Å²) in [5, 5.41) is 2.76. The first kappa shape index (κ1) is 18.3. The highest BCUT2D eigenvalue weighted by Crippen LogP contribution is 2.50. The molecule has 1 amide bonds. The number of esters is 1. The fraction of sp³-hybridized carbons (Fsp3) is 0.579. The van der Waals surface area contributed by atoms with E-state index in [1.165, 1.54) is 7.11 Å². The molecule has 0 aliphatic heterocycles. The molecule has 1 aliphatic rings. The lowest BCUT2D eigenvalue weighted by atomic mass is 9.57. The van der Waals surface area contributed by atoms with Gasteiger partial charge in [0, 0.05) is 11.1 Å². The molecule has 1 N–H and O–H groups in total. The van der Waals surface area contributed by atoms with Crippen LogP contribution in [0.25, 0.3) is 0 Å². The van der Waals surface area contributed by atoms with Gasteiger partial charge in [0.25, 0.3) is 0 Å². The van der Waals surface area contributed by atoms with Gasteiger partial charge in [-0.25, -0.2) is 4.79 Å². The van der Waals surface area contributed by atoms with Crippen LogP contribution in [0.1, 0.15) is 52.5 Å². The van der Waals surface area contributed by atoms with E-state index in [2.05, 4.69) is 12.2 Å². The summed E-state index contributed by atoms with van der Waals surface area (Å²) in [5.74, 6) is 0.379. The van der Waals surface area contributed by atoms with Crippen molar-refractivity contribution < 1.29 is 19.1 Å². The van der Waals surface area contributed by atoms with Crippen LogP contribution < -0.4 is 5.32 Å². The largest absolute Gasteiger partial charge is 0.469 e. The van der Waals surface area contributed by atoms with E-state index in [0.717, 1.165) is 18.4 Å². The average molecular weight is 333 g/mol. The maximum absolute atomic E-state index is 11.9. The van der Waals surface area contributed by atoms with Crippen molar-refractivity contribution in [1.29, 1.82) is 0 Å². The second kappa shape index (κ2) is 6.83. The highest BCUT2D eigenvalue weighted by molar-refractivity contribution is 5.85. The van der Waals surface area contributed by atoms with Gasteiger partial charge in [0.15, 0.2) is 0 Å². The first-order valence-electron chi connectivity index (χ1n) is 8.31. The molecule has 0 spiro atoms. The van der Waals surface area contributed by atoms with Gasteiger partial charge in [-0.2, -0.15) is 0 Å². The van der Waals surface area contributed by atoms with Crippen molar-refractivity contribution in [3.05, 3.63) is 29.8 Å². The molecule has 24 heavy (non-hydrogen) atoms. The number of benzene rings is 1. The van der Waals surface area contributed by atoms with Gasteiger partial charge in [-0.3, -0.25) is 10.1 Å². The summed E-state index contributed by atoms with van der Waals surface area (Å²) in [4.78, 5) is 23.7. The van der Waals surface area contributed by atoms with Crippen molar-refractivity contribution >= 4 is 17.7 Å². The molecule has 2 rings (SSSR count). The molecule has 1 aromatic carbocycles. The predicted octanol–water partition coefficient (Wildman–Crippen LogP) is 4.26. The SMILES string of the molecule is COC(=O)CC1(c2cccc(NC(=O)OC(C)(C)C)c2)CC(C)C1. The maximum Gasteiger partial charge on any atom is 0.412 e. The van der Waals surface area contributed by atoms with Crippen LogP contribution in [0.3, 0.4) is 0 Å². The Balaban J connectivity index is 2.16. The van der Waals surface area contributed by atoms with E-state index in [1.54, 1.807) is 0 Å². The molecule has 0 unspecified atom stereocenters. The molecule has 0 aromatic heterocycles. The maximum atomic E-state index is 11.9. The monoisotopic (exact) mass is 333 g/mol. The van der Waals surface area contributed by atoms with Crippen molar-refractivity contribution in [3.63, 3.8) is 0 Å². The summed E-state index contributed by atoms with van der Waals surface area (Å²) in [5.41, 5.74) is 0.986. The van der Waals surface area contributed by atoms with Gasteiger partial charge in [0.1, 0.15) is 5.60 Å². The van der Waals surface area contributed by atoms with Gasteiger partial charge in [-0.15, -0.1) is 0 Å². The Labute approximate surface area is 143 Å². The number of carbonyl (C=O) groups is 2. The van der Waals surface area contributed by atoms with Crippen LogP contribution in [-0.2, 0) is 19.7 Å². The molecule has 0 heterocycles. The summed E-state index contributed by atoms with van der Waals surface area (Å²) in [7, 11) is 1.42. The molecule has 1 aromatic rings. The molecule has 0 saturated heterocycles. The third kappa shape index (κ3) is 4.49. The van der Waals surface area contributed by atoms with E-state index in [9.17, 15) is 9.59 Å². The lowest BCUT2D eigenvalue weighted by Crippen LogP contribution is -2.42. The zero-order valence-electron chi connectivity index (χ0n) is 15.1. The molecule has 0 radical (unpaired) electrons. The quantitative estimate of drug-likeness (QED) is 0.836. The lowest BCUT2D eigenvalue weighted by molar-refractivity contribution is -0.143. The fourth-order valence-corrected chi connectivity index (χ4v) is 3.45. The minimum Gasteiger partial charge on any atom is -0.469 e. The zero-order valence-corrected chi connectivity index (χ0v) is 15.1. The van der Waals surface area contributed by atoms with E-state index in [0.29, 0.717) is 18.0 Å². The van der Waals surface area contributed by atoms with Crippen LogP contribution in [-0.4, -0.2) is 24.8 Å². The third-order valence-electron chi connectivity index (χ3n) is 4.31. The smallest absolute Gasteiger partial charge is 0.412 e. The number of hydrogen-bond acceptors (Lipinski definition) is 4. The van der Waals surface area contributed by atoms with Crippen LogP contribution in [0.4, 0.5) is 10.5 Å². The molecule has 1 aliphatic carbocycles. The van der Waals surface area contributed by atoms with E-state index in [-0.39, 0.29) is 11.4 Å². The second-order valence-corrected chi connectivity index (χ2v) is 7.75. The van der Waals surface area contributed by atoms with Crippen LogP contribution in [0.2, 0.25) is 0 Å². The number of methoxy groups -OCH3 is 1. The predicted molar refractivity (Wildman–Crippen MR) is 93.0 cm³/mol. The molecule has 0 atom stereocenters. The number of carbonyl (C=O) groups excluding carboxylic acids is 2. The van der Waals surface area contributed by atoms with E-state index in [4.69, 9.17) is 9.47 Å². The number of rotatable bonds is 4. The normalized spacial score (nSPS) is 23.1. The number of amides is 1. The van der Waals surface area contributed by atoms with Gasteiger partial charge < -0.3 is 9.47 Å². The number of anilines is 1. The van der Waals surface area contributed by atoms with E-state index < -0.39 is 11.7 Å². The van der Waals surface area contributed by atoms with Gasteiger partial charge in [0.05, 0.1) is 13.5 Å². The van der Waals surface area contributed by atoms with Gasteiger partial charge >= 0.3 is 12.1 Å². The molecule has 5 nitrogen and oxygen atoms in total. The van der Waals surface area contributed by atoms with Gasteiger partial charge in [0.2, 0.25) is 0 Å². The average Bonchev–Trinajstić information content (AvgIpc) is 2.43. The molecule has 1 fully saturated rings. The Morgan fingerprint density at radius 3 is 2.50 bits per heavy atom. The molecular formula is C19H27NO4. The van der Waals surface area contributed by atoms with Crippen molar-refractivity contribution in [2.24, 2.45) is 5.92 Å².